The summed E-state index contributed by atoms with van der Waals surface area (Å²) >= 11 is 0. The summed E-state index contributed by atoms with van der Waals surface area (Å²) < 4.78 is 16.7. The lowest BCUT2D eigenvalue weighted by Gasteiger charge is -2.33. The maximum Gasteiger partial charge on any atom is 0.333 e. The molecule has 2 amide bonds. The van der Waals surface area contributed by atoms with Crippen LogP contribution in [-0.4, -0.2) is 47.9 Å². The number of rotatable bonds is 6. The van der Waals surface area contributed by atoms with E-state index >= 15 is 0 Å². The SMILES string of the molecule is CC(C)n1cc(-c2ccnc(NC3CCC(N4C(=O)CCC4=O)CC3)n2)n(-c2ccc(F)cc2)c1=O. The van der Waals surface area contributed by atoms with E-state index in [0.717, 1.165) is 25.7 Å². The van der Waals surface area contributed by atoms with Crippen LogP contribution < -0.4 is 11.0 Å². The first-order valence-electron chi connectivity index (χ1n) is 12.4. The minimum absolute atomic E-state index is 0.0289. The van der Waals surface area contributed by atoms with Crippen molar-refractivity contribution in [2.45, 2.75) is 70.5 Å². The zero-order valence-electron chi connectivity index (χ0n) is 20.4. The highest BCUT2D eigenvalue weighted by Crippen LogP contribution is 2.29. The number of halogens is 1. The molecule has 0 spiro atoms. The van der Waals surface area contributed by atoms with Crippen LogP contribution in [-0.2, 0) is 9.59 Å². The maximum atomic E-state index is 13.5. The average molecular weight is 493 g/mol. The highest BCUT2D eigenvalue weighted by atomic mass is 19.1. The molecule has 188 valence electrons. The molecular weight excluding hydrogens is 463 g/mol. The van der Waals surface area contributed by atoms with Gasteiger partial charge < -0.3 is 5.32 Å². The van der Waals surface area contributed by atoms with Gasteiger partial charge >= 0.3 is 5.69 Å². The normalized spacial score (nSPS) is 20.4. The lowest BCUT2D eigenvalue weighted by Crippen LogP contribution is -2.43. The zero-order chi connectivity index (χ0) is 25.4. The van der Waals surface area contributed by atoms with Gasteiger partial charge in [-0.15, -0.1) is 0 Å². The number of carbonyl (C=O) groups is 2. The van der Waals surface area contributed by atoms with E-state index in [4.69, 9.17) is 0 Å². The molecule has 2 fully saturated rings. The van der Waals surface area contributed by atoms with E-state index in [1.165, 1.54) is 21.6 Å². The lowest BCUT2D eigenvalue weighted by atomic mass is 9.90. The van der Waals surface area contributed by atoms with Crippen LogP contribution in [0, 0.1) is 5.82 Å². The van der Waals surface area contributed by atoms with Crippen LogP contribution in [0.1, 0.15) is 58.4 Å². The molecule has 0 atom stereocenters. The van der Waals surface area contributed by atoms with Crippen molar-refractivity contribution in [1.29, 1.82) is 0 Å². The van der Waals surface area contributed by atoms with E-state index in [9.17, 15) is 18.8 Å². The highest BCUT2D eigenvalue weighted by Gasteiger charge is 2.37. The summed E-state index contributed by atoms with van der Waals surface area (Å²) in [5.41, 5.74) is 1.47. The van der Waals surface area contributed by atoms with Gasteiger partial charge in [-0.05, 0) is 69.9 Å². The second kappa shape index (κ2) is 9.67. The van der Waals surface area contributed by atoms with Crippen molar-refractivity contribution >= 4 is 17.8 Å². The Morgan fingerprint density at radius 2 is 1.64 bits per heavy atom. The third-order valence-electron chi connectivity index (χ3n) is 6.96. The van der Waals surface area contributed by atoms with Gasteiger partial charge in [-0.25, -0.2) is 19.2 Å². The van der Waals surface area contributed by atoms with Crippen LogP contribution in [0.2, 0.25) is 0 Å². The Morgan fingerprint density at radius 3 is 2.28 bits per heavy atom. The molecule has 1 saturated heterocycles. The van der Waals surface area contributed by atoms with Crippen molar-refractivity contribution in [2.75, 3.05) is 5.32 Å². The van der Waals surface area contributed by atoms with Gasteiger partial charge in [-0.2, -0.15) is 0 Å². The number of likely N-dealkylation sites (tertiary alicyclic amines) is 1. The smallest absolute Gasteiger partial charge is 0.333 e. The molecular formula is C26H29FN6O3. The van der Waals surface area contributed by atoms with Crippen LogP contribution >= 0.6 is 0 Å². The van der Waals surface area contributed by atoms with Crippen molar-refractivity contribution in [1.82, 2.24) is 24.0 Å². The van der Waals surface area contributed by atoms with E-state index in [0.29, 0.717) is 35.9 Å². The fourth-order valence-electron chi connectivity index (χ4n) is 5.09. The Bertz CT molecular complexity index is 1320. The molecule has 3 aromatic rings. The first kappa shape index (κ1) is 23.9. The summed E-state index contributed by atoms with van der Waals surface area (Å²) in [5.74, 6) is -0.0565. The third-order valence-corrected chi connectivity index (χ3v) is 6.96. The number of nitrogens with one attached hydrogen (secondary N) is 1. The lowest BCUT2D eigenvalue weighted by molar-refractivity contribution is -0.141. The largest absolute Gasteiger partial charge is 0.351 e. The molecule has 0 radical (unpaired) electrons. The van der Waals surface area contributed by atoms with Crippen molar-refractivity contribution in [3.05, 3.63) is 59.0 Å². The molecule has 9 nitrogen and oxygen atoms in total. The van der Waals surface area contributed by atoms with Crippen molar-refractivity contribution < 1.29 is 14.0 Å². The summed E-state index contributed by atoms with van der Waals surface area (Å²) in [6, 6.07) is 7.55. The number of amides is 2. The number of benzene rings is 1. The van der Waals surface area contributed by atoms with Gasteiger partial charge in [0.05, 0.1) is 17.1 Å². The second-order valence-corrected chi connectivity index (χ2v) is 9.68. The van der Waals surface area contributed by atoms with Crippen molar-refractivity contribution in [2.24, 2.45) is 0 Å². The summed E-state index contributed by atoms with van der Waals surface area (Å²) in [7, 11) is 0. The summed E-state index contributed by atoms with van der Waals surface area (Å²) in [4.78, 5) is 47.9. The minimum atomic E-state index is -0.377. The molecule has 1 aliphatic heterocycles. The van der Waals surface area contributed by atoms with Crippen molar-refractivity contribution in [3.63, 3.8) is 0 Å². The molecule has 5 rings (SSSR count). The van der Waals surface area contributed by atoms with Crippen molar-refractivity contribution in [3.8, 4) is 17.1 Å². The van der Waals surface area contributed by atoms with Gasteiger partial charge in [0.15, 0.2) is 0 Å². The van der Waals surface area contributed by atoms with Gasteiger partial charge in [-0.1, -0.05) is 0 Å². The van der Waals surface area contributed by atoms with E-state index < -0.39 is 0 Å². The number of anilines is 1. The van der Waals surface area contributed by atoms with E-state index in [1.54, 1.807) is 35.2 Å². The van der Waals surface area contributed by atoms with Gasteiger partial charge in [0.25, 0.3) is 0 Å². The van der Waals surface area contributed by atoms with Crippen LogP contribution in [0.5, 0.6) is 0 Å². The summed E-state index contributed by atoms with van der Waals surface area (Å²) in [6.07, 6.45) is 7.12. The summed E-state index contributed by atoms with van der Waals surface area (Å²) in [5, 5.41) is 3.38. The first-order chi connectivity index (χ1) is 17.3. The molecule has 1 aromatic carbocycles. The van der Waals surface area contributed by atoms with Gasteiger partial charge in [0.2, 0.25) is 17.8 Å². The molecule has 3 heterocycles. The molecule has 2 aromatic heterocycles. The fourth-order valence-corrected chi connectivity index (χ4v) is 5.09. The molecule has 0 bridgehead atoms. The van der Waals surface area contributed by atoms with Gasteiger partial charge in [0.1, 0.15) is 5.82 Å². The van der Waals surface area contributed by atoms with Gasteiger partial charge in [-0.3, -0.25) is 23.6 Å². The monoisotopic (exact) mass is 492 g/mol. The Hall–Kier alpha value is -3.82. The molecule has 1 saturated carbocycles. The third kappa shape index (κ3) is 4.55. The molecule has 1 N–H and O–H groups in total. The van der Waals surface area contributed by atoms with Crippen LogP contribution in [0.15, 0.2) is 47.5 Å². The summed E-state index contributed by atoms with van der Waals surface area (Å²) in [6.45, 7) is 3.85. The van der Waals surface area contributed by atoms with E-state index in [-0.39, 0.29) is 41.4 Å². The molecule has 36 heavy (non-hydrogen) atoms. The Kier molecular flexibility index (Phi) is 6.42. The van der Waals surface area contributed by atoms with E-state index in [1.807, 2.05) is 13.8 Å². The van der Waals surface area contributed by atoms with Crippen LogP contribution in [0.3, 0.4) is 0 Å². The average Bonchev–Trinajstić information content (AvgIpc) is 3.39. The number of imide groups is 1. The Morgan fingerprint density at radius 1 is 0.972 bits per heavy atom. The zero-order valence-corrected chi connectivity index (χ0v) is 20.4. The minimum Gasteiger partial charge on any atom is -0.351 e. The standard InChI is InChI=1S/C26H29FN6O3/c1-16(2)31-15-22(32(26(31)36)19-7-3-17(27)4-8-19)21-13-14-28-25(30-21)29-18-5-9-20(10-6-18)33-23(34)11-12-24(33)35/h3-4,7-8,13-16,18,20H,5-6,9-12H2,1-2H3,(H,28,29,30). The number of carbonyl (C=O) groups excluding carboxylic acids is 2. The van der Waals surface area contributed by atoms with Crippen LogP contribution in [0.25, 0.3) is 17.1 Å². The maximum absolute atomic E-state index is 13.5. The second-order valence-electron chi connectivity index (χ2n) is 9.68. The number of nitrogens with zero attached hydrogens (tertiary/aromatic N) is 5. The number of hydrogen-bond acceptors (Lipinski definition) is 6. The Labute approximate surface area is 208 Å². The number of hydrogen-bond donors (Lipinski definition) is 1. The molecule has 1 aliphatic carbocycles. The quantitative estimate of drug-likeness (QED) is 0.527. The first-order valence-corrected chi connectivity index (χ1v) is 12.4. The predicted molar refractivity (Wildman–Crippen MR) is 132 cm³/mol. The number of aromatic nitrogens is 4. The molecule has 0 unspecified atom stereocenters. The van der Waals surface area contributed by atoms with E-state index in [2.05, 4.69) is 15.3 Å². The number of imidazole rings is 1. The van der Waals surface area contributed by atoms with Crippen LogP contribution in [0.4, 0.5) is 10.3 Å². The Balaban J connectivity index is 1.37. The fraction of sp³-hybridized carbons (Fsp3) is 0.423. The molecule has 2 aliphatic rings. The highest BCUT2D eigenvalue weighted by molar-refractivity contribution is 6.02. The van der Waals surface area contributed by atoms with Gasteiger partial charge in [0, 0.05) is 43.4 Å². The topological polar surface area (TPSA) is 102 Å². The predicted octanol–water partition coefficient (Wildman–Crippen LogP) is 3.69. The molecule has 10 heteroatoms.